The van der Waals surface area contributed by atoms with Crippen molar-refractivity contribution in [3.8, 4) is 0 Å². The molecule has 1 atom stereocenters. The number of aromatic nitrogens is 1. The first kappa shape index (κ1) is 14.8. The van der Waals surface area contributed by atoms with Crippen LogP contribution in [0.25, 0.3) is 0 Å². The van der Waals surface area contributed by atoms with Crippen LogP contribution in [0, 0.1) is 11.8 Å². The van der Waals surface area contributed by atoms with E-state index in [4.69, 9.17) is 9.72 Å². The largest absolute Gasteiger partial charge is 0.384 e. The van der Waals surface area contributed by atoms with Crippen LogP contribution in [0.2, 0.25) is 0 Å². The van der Waals surface area contributed by atoms with Crippen molar-refractivity contribution < 1.29 is 4.74 Å². The molecule has 1 aliphatic rings. The Balaban J connectivity index is 1.80. The molecule has 0 bridgehead atoms. The minimum absolute atomic E-state index is 0.663. The molecule has 0 aliphatic carbocycles. The van der Waals surface area contributed by atoms with Crippen LogP contribution in [0.15, 0.2) is 5.38 Å². The van der Waals surface area contributed by atoms with Crippen molar-refractivity contribution in [2.75, 3.05) is 38.3 Å². The normalized spacial score (nSPS) is 19.6. The molecule has 0 spiro atoms. The molecular formula is C14H25N3OS. The van der Waals surface area contributed by atoms with Gasteiger partial charge in [-0.3, -0.25) is 0 Å². The Bertz CT molecular complexity index is 381. The monoisotopic (exact) mass is 283 g/mol. The first-order valence-corrected chi connectivity index (χ1v) is 7.96. The summed E-state index contributed by atoms with van der Waals surface area (Å²) in [6.07, 6.45) is 1.22. The van der Waals surface area contributed by atoms with Crippen LogP contribution in [-0.2, 0) is 11.3 Å². The zero-order chi connectivity index (χ0) is 13.7. The summed E-state index contributed by atoms with van der Waals surface area (Å²) in [7, 11) is 1.78. The second-order valence-electron chi connectivity index (χ2n) is 5.70. The first-order valence-electron chi connectivity index (χ1n) is 7.08. The lowest BCUT2D eigenvalue weighted by Gasteiger charge is -2.14. The third kappa shape index (κ3) is 4.44. The Hall–Kier alpha value is -0.650. The van der Waals surface area contributed by atoms with E-state index >= 15 is 0 Å². The number of nitrogens with one attached hydrogen (secondary N) is 1. The van der Waals surface area contributed by atoms with Crippen molar-refractivity contribution in [3.05, 3.63) is 11.1 Å². The number of methoxy groups -OCH3 is 1. The fourth-order valence-corrected chi connectivity index (χ4v) is 3.25. The number of ether oxygens (including phenoxy) is 1. The van der Waals surface area contributed by atoms with Gasteiger partial charge in [0.1, 0.15) is 0 Å². The van der Waals surface area contributed by atoms with Gasteiger partial charge in [-0.2, -0.15) is 0 Å². The highest BCUT2D eigenvalue weighted by Gasteiger charge is 2.24. The number of hydrogen-bond donors (Lipinski definition) is 1. The molecule has 1 aliphatic heterocycles. The molecule has 0 amide bonds. The second-order valence-corrected chi connectivity index (χ2v) is 6.54. The number of anilines is 1. The number of nitrogens with zero attached hydrogens (tertiary/aromatic N) is 2. The lowest BCUT2D eigenvalue weighted by Crippen LogP contribution is -2.21. The summed E-state index contributed by atoms with van der Waals surface area (Å²) in [4.78, 5) is 7.11. The van der Waals surface area contributed by atoms with E-state index in [1.165, 1.54) is 11.6 Å². The predicted molar refractivity (Wildman–Crippen MR) is 80.9 cm³/mol. The molecular weight excluding hydrogens is 258 g/mol. The average molecular weight is 283 g/mol. The van der Waals surface area contributed by atoms with E-state index in [9.17, 15) is 0 Å². The summed E-state index contributed by atoms with van der Waals surface area (Å²) in [5.74, 6) is 1.35. The molecule has 0 aromatic carbocycles. The van der Waals surface area contributed by atoms with Gasteiger partial charge in [0.15, 0.2) is 5.13 Å². The summed E-state index contributed by atoms with van der Waals surface area (Å²) >= 11 is 1.76. The molecule has 4 nitrogen and oxygen atoms in total. The highest BCUT2D eigenvalue weighted by molar-refractivity contribution is 7.13. The zero-order valence-electron chi connectivity index (χ0n) is 12.2. The smallest absolute Gasteiger partial charge is 0.185 e. The maximum Gasteiger partial charge on any atom is 0.185 e. The molecule has 1 unspecified atom stereocenters. The lowest BCUT2D eigenvalue weighted by atomic mass is 10.1. The second kappa shape index (κ2) is 7.22. The first-order chi connectivity index (χ1) is 9.19. The Morgan fingerprint density at radius 2 is 2.42 bits per heavy atom. The van der Waals surface area contributed by atoms with E-state index in [1.54, 1.807) is 18.4 Å². The maximum absolute atomic E-state index is 5.24. The van der Waals surface area contributed by atoms with Gasteiger partial charge in [-0.05, 0) is 18.9 Å². The van der Waals surface area contributed by atoms with E-state index in [-0.39, 0.29) is 0 Å². The summed E-state index contributed by atoms with van der Waals surface area (Å²) in [6, 6.07) is 0. The van der Waals surface area contributed by atoms with Gasteiger partial charge in [-0.1, -0.05) is 13.8 Å². The minimum Gasteiger partial charge on any atom is -0.384 e. The van der Waals surface area contributed by atoms with E-state index < -0.39 is 0 Å². The van der Waals surface area contributed by atoms with Crippen LogP contribution >= 0.6 is 11.3 Å². The van der Waals surface area contributed by atoms with Gasteiger partial charge < -0.3 is 15.0 Å². The third-order valence-corrected chi connectivity index (χ3v) is 4.31. The van der Waals surface area contributed by atoms with Gasteiger partial charge in [0.05, 0.1) is 12.3 Å². The zero-order valence-corrected chi connectivity index (χ0v) is 13.0. The van der Waals surface area contributed by atoms with Gasteiger partial charge in [0.2, 0.25) is 0 Å². The Kier molecular flexibility index (Phi) is 5.60. The Morgan fingerprint density at radius 3 is 3.16 bits per heavy atom. The lowest BCUT2D eigenvalue weighted by molar-refractivity contribution is 0.161. The van der Waals surface area contributed by atoms with Crippen LogP contribution in [0.3, 0.4) is 0 Å². The Labute approximate surface area is 120 Å². The maximum atomic E-state index is 5.24. The molecule has 1 aromatic heterocycles. The van der Waals surface area contributed by atoms with Crippen LogP contribution in [0.1, 0.15) is 26.0 Å². The molecule has 5 heteroatoms. The third-order valence-electron chi connectivity index (χ3n) is 3.36. The van der Waals surface area contributed by atoms with Crippen LogP contribution in [-0.4, -0.2) is 38.3 Å². The van der Waals surface area contributed by atoms with Gasteiger partial charge in [-0.15, -0.1) is 11.3 Å². The van der Waals surface area contributed by atoms with Crippen LogP contribution < -0.4 is 10.2 Å². The summed E-state index contributed by atoms with van der Waals surface area (Å²) in [6.45, 7) is 9.43. The van der Waals surface area contributed by atoms with Crippen molar-refractivity contribution in [1.29, 1.82) is 0 Å². The van der Waals surface area contributed by atoms with Gasteiger partial charge in [0.25, 0.3) is 0 Å². The molecule has 19 heavy (non-hydrogen) atoms. The molecule has 0 saturated carbocycles. The fourth-order valence-electron chi connectivity index (χ4n) is 2.39. The minimum atomic E-state index is 0.663. The summed E-state index contributed by atoms with van der Waals surface area (Å²) in [5, 5.41) is 6.78. The molecule has 1 fully saturated rings. The van der Waals surface area contributed by atoms with E-state index in [0.717, 1.165) is 38.5 Å². The van der Waals surface area contributed by atoms with Crippen LogP contribution in [0.4, 0.5) is 5.13 Å². The molecule has 1 saturated heterocycles. The van der Waals surface area contributed by atoms with E-state index in [1.807, 2.05) is 0 Å². The Morgan fingerprint density at radius 1 is 1.58 bits per heavy atom. The van der Waals surface area contributed by atoms with Gasteiger partial charge in [0, 0.05) is 38.0 Å². The van der Waals surface area contributed by atoms with Crippen molar-refractivity contribution in [2.24, 2.45) is 11.8 Å². The molecule has 2 rings (SSSR count). The highest BCUT2D eigenvalue weighted by Crippen LogP contribution is 2.27. The number of hydrogen-bond acceptors (Lipinski definition) is 5. The van der Waals surface area contributed by atoms with Gasteiger partial charge >= 0.3 is 0 Å². The molecule has 108 valence electrons. The fraction of sp³-hybridized carbons (Fsp3) is 0.786. The van der Waals surface area contributed by atoms with Crippen molar-refractivity contribution in [3.63, 3.8) is 0 Å². The average Bonchev–Trinajstić information content (AvgIpc) is 2.98. The number of thiazole rings is 1. The van der Waals surface area contributed by atoms with Crippen molar-refractivity contribution >= 4 is 16.5 Å². The summed E-state index contributed by atoms with van der Waals surface area (Å²) in [5.41, 5.74) is 1.16. The van der Waals surface area contributed by atoms with E-state index in [0.29, 0.717) is 11.8 Å². The molecule has 2 heterocycles. The van der Waals surface area contributed by atoms with Crippen molar-refractivity contribution in [1.82, 2.24) is 10.3 Å². The quantitative estimate of drug-likeness (QED) is 0.833. The van der Waals surface area contributed by atoms with Gasteiger partial charge in [-0.25, -0.2) is 4.98 Å². The molecule has 0 radical (unpaired) electrons. The number of rotatable bonds is 7. The van der Waals surface area contributed by atoms with Crippen molar-refractivity contribution in [2.45, 2.75) is 26.8 Å². The van der Waals surface area contributed by atoms with Crippen LogP contribution in [0.5, 0.6) is 0 Å². The topological polar surface area (TPSA) is 37.4 Å². The molecule has 1 aromatic rings. The molecule has 1 N–H and O–H groups in total. The predicted octanol–water partition coefficient (Wildman–Crippen LogP) is 2.36. The SMILES string of the molecule is COCC1CCN(c2nc(CNCC(C)C)cs2)C1. The summed E-state index contributed by atoms with van der Waals surface area (Å²) < 4.78 is 5.24. The standard InChI is InChI=1S/C14H25N3OS/c1-11(2)6-15-7-13-10-19-14(16-13)17-5-4-12(8-17)9-18-3/h10-12,15H,4-9H2,1-3H3. The van der Waals surface area contributed by atoms with E-state index in [2.05, 4.69) is 29.4 Å². The highest BCUT2D eigenvalue weighted by atomic mass is 32.1.